The van der Waals surface area contributed by atoms with Crippen molar-refractivity contribution < 1.29 is 0 Å². The number of anilines is 1. The van der Waals surface area contributed by atoms with Gasteiger partial charge in [0.1, 0.15) is 0 Å². The highest BCUT2D eigenvalue weighted by Gasteiger charge is 2.08. The zero-order valence-electron chi connectivity index (χ0n) is 7.51. The summed E-state index contributed by atoms with van der Waals surface area (Å²) in [5, 5.41) is 1.87. The lowest BCUT2D eigenvalue weighted by molar-refractivity contribution is 1.26. The first-order valence-corrected chi connectivity index (χ1v) is 4.86. The summed E-state index contributed by atoms with van der Waals surface area (Å²) < 4.78 is 0. The van der Waals surface area contributed by atoms with E-state index in [1.165, 1.54) is 0 Å². The molecule has 72 valence electrons. The Morgan fingerprint density at radius 2 is 1.86 bits per heavy atom. The van der Waals surface area contributed by atoms with E-state index in [9.17, 15) is 0 Å². The van der Waals surface area contributed by atoms with Gasteiger partial charge in [0.05, 0.1) is 15.6 Å². The van der Waals surface area contributed by atoms with Crippen LogP contribution in [-0.4, -0.2) is 4.98 Å². The third-order valence-corrected chi connectivity index (χ3v) is 2.64. The number of nitrogens with two attached hydrogens (primary N) is 1. The Hall–Kier alpha value is -0.990. The first kappa shape index (κ1) is 9.56. The van der Waals surface area contributed by atoms with Crippen LogP contribution in [0, 0.1) is 6.92 Å². The van der Waals surface area contributed by atoms with Crippen LogP contribution in [0.15, 0.2) is 18.2 Å². The Bertz CT molecular complexity index is 509. The fourth-order valence-electron chi connectivity index (χ4n) is 1.43. The number of fused-ring (bicyclic) bond motifs is 1. The van der Waals surface area contributed by atoms with Gasteiger partial charge >= 0.3 is 0 Å². The Morgan fingerprint density at radius 1 is 1.21 bits per heavy atom. The van der Waals surface area contributed by atoms with E-state index in [-0.39, 0.29) is 0 Å². The third kappa shape index (κ3) is 1.41. The van der Waals surface area contributed by atoms with E-state index >= 15 is 0 Å². The van der Waals surface area contributed by atoms with Crippen molar-refractivity contribution in [3.63, 3.8) is 0 Å². The lowest BCUT2D eigenvalue weighted by Crippen LogP contribution is -1.93. The maximum absolute atomic E-state index is 6.01. The smallest absolute Gasteiger partial charge is 0.0927 e. The van der Waals surface area contributed by atoms with Crippen molar-refractivity contribution in [2.24, 2.45) is 0 Å². The van der Waals surface area contributed by atoms with Gasteiger partial charge < -0.3 is 5.73 Å². The maximum atomic E-state index is 6.01. The second kappa shape index (κ2) is 3.30. The van der Waals surface area contributed by atoms with Gasteiger partial charge in [0.25, 0.3) is 0 Å². The molecular weight excluding hydrogens is 219 g/mol. The average molecular weight is 227 g/mol. The largest absolute Gasteiger partial charge is 0.398 e. The predicted molar refractivity (Wildman–Crippen MR) is 60.9 cm³/mol. The van der Waals surface area contributed by atoms with E-state index in [1.807, 2.05) is 6.92 Å². The van der Waals surface area contributed by atoms with Crippen LogP contribution >= 0.6 is 23.2 Å². The summed E-state index contributed by atoms with van der Waals surface area (Å²) in [4.78, 5) is 4.30. The normalized spacial score (nSPS) is 10.8. The lowest BCUT2D eigenvalue weighted by atomic mass is 10.1. The highest BCUT2D eigenvalue weighted by Crippen LogP contribution is 2.32. The van der Waals surface area contributed by atoms with Crippen LogP contribution in [-0.2, 0) is 0 Å². The van der Waals surface area contributed by atoms with Gasteiger partial charge in [0.2, 0.25) is 0 Å². The molecule has 0 saturated carbocycles. The number of hydrogen-bond acceptors (Lipinski definition) is 2. The number of halogens is 2. The van der Waals surface area contributed by atoms with Crippen LogP contribution in [0.4, 0.5) is 5.69 Å². The van der Waals surface area contributed by atoms with Crippen LogP contribution < -0.4 is 5.73 Å². The third-order valence-electron chi connectivity index (χ3n) is 2.02. The lowest BCUT2D eigenvalue weighted by Gasteiger charge is -2.06. The van der Waals surface area contributed by atoms with E-state index < -0.39 is 0 Å². The Morgan fingerprint density at radius 3 is 2.57 bits per heavy atom. The molecule has 2 aromatic rings. The summed E-state index contributed by atoms with van der Waals surface area (Å²) in [6.07, 6.45) is 0. The summed E-state index contributed by atoms with van der Waals surface area (Å²) in [5.74, 6) is 0. The van der Waals surface area contributed by atoms with Gasteiger partial charge in [-0.3, -0.25) is 4.98 Å². The second-order valence-corrected chi connectivity index (χ2v) is 3.92. The number of pyridine rings is 1. The minimum Gasteiger partial charge on any atom is -0.398 e. The van der Waals surface area contributed by atoms with Gasteiger partial charge in [0.15, 0.2) is 0 Å². The van der Waals surface area contributed by atoms with Crippen molar-refractivity contribution in [1.82, 2.24) is 4.98 Å². The quantitative estimate of drug-likeness (QED) is 0.748. The minimum atomic E-state index is 0.569. The summed E-state index contributed by atoms with van der Waals surface area (Å²) in [5.41, 5.74) is 7.95. The summed E-state index contributed by atoms with van der Waals surface area (Å²) in [7, 11) is 0. The van der Waals surface area contributed by atoms with E-state index in [0.717, 1.165) is 11.1 Å². The van der Waals surface area contributed by atoms with E-state index in [1.54, 1.807) is 18.2 Å². The Balaban J connectivity index is 3.00. The van der Waals surface area contributed by atoms with Crippen molar-refractivity contribution in [2.75, 3.05) is 5.73 Å². The molecule has 1 aromatic heterocycles. The van der Waals surface area contributed by atoms with Crippen LogP contribution in [0.25, 0.3) is 10.9 Å². The predicted octanol–water partition coefficient (Wildman–Crippen LogP) is 3.43. The summed E-state index contributed by atoms with van der Waals surface area (Å²) in [6.45, 7) is 1.87. The molecule has 1 heterocycles. The molecule has 0 aliphatic rings. The first-order valence-electron chi connectivity index (χ1n) is 4.10. The topological polar surface area (TPSA) is 38.9 Å². The van der Waals surface area contributed by atoms with Crippen LogP contribution in [0.3, 0.4) is 0 Å². The van der Waals surface area contributed by atoms with Crippen LogP contribution in [0.2, 0.25) is 10.0 Å². The highest BCUT2D eigenvalue weighted by atomic mass is 35.5. The molecule has 0 aliphatic heterocycles. The van der Waals surface area contributed by atoms with Crippen LogP contribution in [0.5, 0.6) is 0 Å². The zero-order chi connectivity index (χ0) is 10.3. The molecule has 0 radical (unpaired) electrons. The molecule has 0 fully saturated rings. The van der Waals surface area contributed by atoms with Crippen molar-refractivity contribution in [3.8, 4) is 0 Å². The van der Waals surface area contributed by atoms with Gasteiger partial charge in [-0.1, -0.05) is 23.2 Å². The Kier molecular flexibility index (Phi) is 2.25. The van der Waals surface area contributed by atoms with E-state index in [0.29, 0.717) is 21.2 Å². The maximum Gasteiger partial charge on any atom is 0.0927 e. The fraction of sp³-hybridized carbons (Fsp3) is 0.100. The number of hydrogen-bond donors (Lipinski definition) is 1. The second-order valence-electron chi connectivity index (χ2n) is 3.11. The summed E-state index contributed by atoms with van der Waals surface area (Å²) in [6, 6.07) is 5.22. The standard InChI is InChI=1S/C10H8Cl2N2/c1-5-4-8(13)9-6(11)2-3-7(12)10(9)14-5/h2-4H,1H3,(H2,13,14). The molecule has 0 aliphatic carbocycles. The average Bonchev–Trinajstić information content (AvgIpc) is 2.10. The van der Waals surface area contributed by atoms with Crippen molar-refractivity contribution in [2.45, 2.75) is 6.92 Å². The van der Waals surface area contributed by atoms with Crippen molar-refractivity contribution in [1.29, 1.82) is 0 Å². The number of aryl methyl sites for hydroxylation is 1. The first-order chi connectivity index (χ1) is 6.59. The monoisotopic (exact) mass is 226 g/mol. The van der Waals surface area contributed by atoms with E-state index in [4.69, 9.17) is 28.9 Å². The molecule has 4 heteroatoms. The van der Waals surface area contributed by atoms with Gasteiger partial charge in [-0.15, -0.1) is 0 Å². The molecular formula is C10H8Cl2N2. The molecule has 0 unspecified atom stereocenters. The fourth-order valence-corrected chi connectivity index (χ4v) is 1.89. The van der Waals surface area contributed by atoms with Crippen molar-refractivity contribution >= 4 is 39.8 Å². The number of rotatable bonds is 0. The molecule has 2 rings (SSSR count). The van der Waals surface area contributed by atoms with Gasteiger partial charge in [-0.05, 0) is 25.1 Å². The van der Waals surface area contributed by atoms with E-state index in [2.05, 4.69) is 4.98 Å². The van der Waals surface area contributed by atoms with Crippen molar-refractivity contribution in [3.05, 3.63) is 33.9 Å². The van der Waals surface area contributed by atoms with Gasteiger partial charge in [0, 0.05) is 16.8 Å². The molecule has 0 bridgehead atoms. The zero-order valence-corrected chi connectivity index (χ0v) is 9.02. The number of nitrogen functional groups attached to an aromatic ring is 1. The number of nitrogens with zero attached hydrogens (tertiary/aromatic N) is 1. The SMILES string of the molecule is Cc1cc(N)c2c(Cl)ccc(Cl)c2n1. The molecule has 2 nitrogen and oxygen atoms in total. The molecule has 0 amide bonds. The number of benzene rings is 1. The van der Waals surface area contributed by atoms with Gasteiger partial charge in [-0.2, -0.15) is 0 Å². The molecule has 2 N–H and O–H groups in total. The van der Waals surface area contributed by atoms with Crippen LogP contribution in [0.1, 0.15) is 5.69 Å². The molecule has 0 spiro atoms. The molecule has 0 atom stereocenters. The van der Waals surface area contributed by atoms with Gasteiger partial charge in [-0.25, -0.2) is 0 Å². The highest BCUT2D eigenvalue weighted by molar-refractivity contribution is 6.40. The minimum absolute atomic E-state index is 0.569. The molecule has 0 saturated heterocycles. The summed E-state index contributed by atoms with van der Waals surface area (Å²) >= 11 is 12.0. The Labute approximate surface area is 91.6 Å². The number of aromatic nitrogens is 1. The molecule has 1 aromatic carbocycles. The molecule has 14 heavy (non-hydrogen) atoms.